The highest BCUT2D eigenvalue weighted by Gasteiger charge is 2.42. The van der Waals surface area contributed by atoms with Crippen LogP contribution in [-0.2, 0) is 20.8 Å². The maximum atomic E-state index is 13.0. The van der Waals surface area contributed by atoms with Crippen molar-refractivity contribution in [2.45, 2.75) is 37.6 Å². The van der Waals surface area contributed by atoms with Gasteiger partial charge >= 0.3 is 5.97 Å². The minimum atomic E-state index is -1.22. The number of aliphatic carboxylic acids is 1. The van der Waals surface area contributed by atoms with Gasteiger partial charge in [-0.05, 0) is 30.5 Å². The number of hydrogen-bond donors (Lipinski definition) is 3. The quantitative estimate of drug-likeness (QED) is 0.728. The monoisotopic (exact) mass is 322 g/mol. The molecule has 2 rings (SSSR count). The summed E-state index contributed by atoms with van der Waals surface area (Å²) in [5, 5.41) is 14.2. The van der Waals surface area contributed by atoms with Gasteiger partial charge in [0.25, 0.3) is 0 Å². The molecule has 124 valence electrons. The van der Waals surface area contributed by atoms with Crippen LogP contribution in [0.5, 0.6) is 0 Å². The molecule has 0 heterocycles. The lowest BCUT2D eigenvalue weighted by atomic mass is 9.98. The van der Waals surface area contributed by atoms with Crippen molar-refractivity contribution in [2.75, 3.05) is 6.54 Å². The van der Waals surface area contributed by atoms with E-state index in [9.17, 15) is 23.9 Å². The van der Waals surface area contributed by atoms with Gasteiger partial charge < -0.3 is 15.7 Å². The van der Waals surface area contributed by atoms with Gasteiger partial charge in [-0.2, -0.15) is 0 Å². The fourth-order valence-corrected chi connectivity index (χ4v) is 2.76. The van der Waals surface area contributed by atoms with Gasteiger partial charge in [0.2, 0.25) is 11.8 Å². The van der Waals surface area contributed by atoms with E-state index in [2.05, 4.69) is 10.6 Å². The zero-order valence-electron chi connectivity index (χ0n) is 12.6. The number of halogens is 1. The molecule has 0 atom stereocenters. The number of carbonyl (C=O) groups is 3. The van der Waals surface area contributed by atoms with Gasteiger partial charge in [0.1, 0.15) is 11.4 Å². The third-order valence-electron chi connectivity index (χ3n) is 3.95. The first-order valence-corrected chi connectivity index (χ1v) is 7.47. The van der Waals surface area contributed by atoms with E-state index >= 15 is 0 Å². The number of benzene rings is 1. The van der Waals surface area contributed by atoms with E-state index in [-0.39, 0.29) is 13.0 Å². The average molecular weight is 322 g/mol. The third kappa shape index (κ3) is 4.51. The van der Waals surface area contributed by atoms with Crippen LogP contribution in [0, 0.1) is 5.82 Å². The Morgan fingerprint density at radius 3 is 2.48 bits per heavy atom. The average Bonchev–Trinajstić information content (AvgIpc) is 2.95. The SMILES string of the molecule is O=C(Cc1cccc(F)c1)NCC(=O)NC1(C(=O)O)CCCC1. The summed E-state index contributed by atoms with van der Waals surface area (Å²) in [6.45, 7) is -0.302. The van der Waals surface area contributed by atoms with Crippen LogP contribution in [0.1, 0.15) is 31.2 Å². The normalized spacial score (nSPS) is 15.9. The summed E-state index contributed by atoms with van der Waals surface area (Å²) in [6.07, 6.45) is 2.24. The summed E-state index contributed by atoms with van der Waals surface area (Å²) in [5.74, 6) is -2.45. The fraction of sp³-hybridized carbons (Fsp3) is 0.438. The third-order valence-corrected chi connectivity index (χ3v) is 3.95. The van der Waals surface area contributed by atoms with E-state index in [0.717, 1.165) is 12.8 Å². The standard InChI is InChI=1S/C16H19FN2O4/c17-12-5-3-4-11(8-12)9-13(20)18-10-14(21)19-16(15(22)23)6-1-2-7-16/h3-5,8H,1-2,6-7,9-10H2,(H,18,20)(H,19,21)(H,22,23). The van der Waals surface area contributed by atoms with Gasteiger partial charge in [0, 0.05) is 0 Å². The van der Waals surface area contributed by atoms with Gasteiger partial charge in [0.15, 0.2) is 0 Å². The molecule has 1 aliphatic rings. The first kappa shape index (κ1) is 16.9. The van der Waals surface area contributed by atoms with E-state index in [4.69, 9.17) is 0 Å². The van der Waals surface area contributed by atoms with Crippen molar-refractivity contribution in [3.8, 4) is 0 Å². The minimum Gasteiger partial charge on any atom is -0.480 e. The summed E-state index contributed by atoms with van der Waals surface area (Å²) >= 11 is 0. The zero-order valence-corrected chi connectivity index (χ0v) is 12.6. The first-order chi connectivity index (χ1) is 10.9. The molecule has 0 spiro atoms. The molecule has 1 aliphatic carbocycles. The Hall–Kier alpha value is -2.44. The van der Waals surface area contributed by atoms with Crippen molar-refractivity contribution in [3.63, 3.8) is 0 Å². The predicted octanol–water partition coefficient (Wildman–Crippen LogP) is 0.998. The maximum Gasteiger partial charge on any atom is 0.329 e. The number of hydrogen-bond acceptors (Lipinski definition) is 3. The van der Waals surface area contributed by atoms with Crippen LogP contribution in [0.15, 0.2) is 24.3 Å². The van der Waals surface area contributed by atoms with E-state index in [1.54, 1.807) is 6.07 Å². The molecule has 0 aliphatic heterocycles. The van der Waals surface area contributed by atoms with Gasteiger partial charge in [-0.15, -0.1) is 0 Å². The number of carboxylic acids is 1. The van der Waals surface area contributed by atoms with Crippen molar-refractivity contribution in [3.05, 3.63) is 35.6 Å². The van der Waals surface area contributed by atoms with Crippen LogP contribution in [0.3, 0.4) is 0 Å². The molecule has 0 saturated heterocycles. The Morgan fingerprint density at radius 2 is 1.87 bits per heavy atom. The molecular formula is C16H19FN2O4. The molecule has 1 aromatic carbocycles. The van der Waals surface area contributed by atoms with E-state index in [1.807, 2.05) is 0 Å². The highest BCUT2D eigenvalue weighted by atomic mass is 19.1. The molecule has 0 radical (unpaired) electrons. The van der Waals surface area contributed by atoms with Crippen LogP contribution in [-0.4, -0.2) is 35.0 Å². The van der Waals surface area contributed by atoms with Crippen LogP contribution in [0.25, 0.3) is 0 Å². The number of amides is 2. The molecule has 7 heteroatoms. The van der Waals surface area contributed by atoms with Crippen LogP contribution >= 0.6 is 0 Å². The summed E-state index contributed by atoms with van der Waals surface area (Å²) in [5.41, 5.74) is -0.717. The Balaban J connectivity index is 1.82. The fourth-order valence-electron chi connectivity index (χ4n) is 2.76. The number of rotatable bonds is 6. The number of nitrogens with one attached hydrogen (secondary N) is 2. The van der Waals surface area contributed by atoms with Crippen molar-refractivity contribution in [2.24, 2.45) is 0 Å². The number of carbonyl (C=O) groups excluding carboxylic acids is 2. The number of carboxylic acid groups (broad SMARTS) is 1. The van der Waals surface area contributed by atoms with Crippen molar-refractivity contribution >= 4 is 17.8 Å². The molecule has 3 N–H and O–H groups in total. The van der Waals surface area contributed by atoms with Gasteiger partial charge in [0.05, 0.1) is 13.0 Å². The second kappa shape index (κ2) is 7.21. The lowest BCUT2D eigenvalue weighted by molar-refractivity contribution is -0.147. The van der Waals surface area contributed by atoms with Gasteiger partial charge in [-0.25, -0.2) is 9.18 Å². The van der Waals surface area contributed by atoms with Crippen LogP contribution in [0.4, 0.5) is 4.39 Å². The molecule has 0 bridgehead atoms. The van der Waals surface area contributed by atoms with Gasteiger partial charge in [-0.1, -0.05) is 25.0 Å². The van der Waals surface area contributed by atoms with E-state index in [0.29, 0.717) is 18.4 Å². The zero-order chi connectivity index (χ0) is 16.9. The highest BCUT2D eigenvalue weighted by Crippen LogP contribution is 2.29. The molecule has 1 fully saturated rings. The van der Waals surface area contributed by atoms with Crippen LogP contribution in [0.2, 0.25) is 0 Å². The molecule has 0 unspecified atom stereocenters. The summed E-state index contributed by atoms with van der Waals surface area (Å²) in [6, 6.07) is 5.64. The molecule has 1 aromatic rings. The van der Waals surface area contributed by atoms with E-state index in [1.165, 1.54) is 18.2 Å². The Labute approximate surface area is 133 Å². The van der Waals surface area contributed by atoms with Crippen molar-refractivity contribution in [1.82, 2.24) is 10.6 Å². The molecule has 0 aromatic heterocycles. The van der Waals surface area contributed by atoms with Crippen molar-refractivity contribution < 1.29 is 23.9 Å². The van der Waals surface area contributed by atoms with Crippen molar-refractivity contribution in [1.29, 1.82) is 0 Å². The second-order valence-electron chi connectivity index (χ2n) is 5.73. The maximum absolute atomic E-state index is 13.0. The summed E-state index contributed by atoms with van der Waals surface area (Å²) in [7, 11) is 0. The van der Waals surface area contributed by atoms with Gasteiger partial charge in [-0.3, -0.25) is 9.59 Å². The largest absolute Gasteiger partial charge is 0.480 e. The minimum absolute atomic E-state index is 0.0465. The lowest BCUT2D eigenvalue weighted by Gasteiger charge is -2.25. The molecule has 1 saturated carbocycles. The Morgan fingerprint density at radius 1 is 1.17 bits per heavy atom. The molecule has 2 amide bonds. The summed E-state index contributed by atoms with van der Waals surface area (Å²) < 4.78 is 13.0. The molecular weight excluding hydrogens is 303 g/mol. The molecule has 6 nitrogen and oxygen atoms in total. The highest BCUT2D eigenvalue weighted by molar-refractivity contribution is 5.90. The lowest BCUT2D eigenvalue weighted by Crippen LogP contribution is -2.54. The first-order valence-electron chi connectivity index (χ1n) is 7.47. The summed E-state index contributed by atoms with van der Waals surface area (Å²) in [4.78, 5) is 35.0. The second-order valence-corrected chi connectivity index (χ2v) is 5.73. The van der Waals surface area contributed by atoms with Crippen LogP contribution < -0.4 is 10.6 Å². The smallest absolute Gasteiger partial charge is 0.329 e. The topological polar surface area (TPSA) is 95.5 Å². The van der Waals surface area contributed by atoms with E-state index < -0.39 is 29.1 Å². The predicted molar refractivity (Wildman–Crippen MR) is 80.1 cm³/mol. The molecule has 23 heavy (non-hydrogen) atoms. The Kier molecular flexibility index (Phi) is 5.31. The Bertz CT molecular complexity index is 612.